The van der Waals surface area contributed by atoms with E-state index in [0.717, 1.165) is 4.90 Å². The number of amides is 2. The maximum Gasteiger partial charge on any atom is 0.305 e. The standard InChI is InChI=1S/C17H22N2O5S/c1-11(25-15-5-3-13(4-6-15)18-12(2)20)17(23)19-7-8-24-10-14(19)9-16(21)22/h3-6,11,14H,7-10H2,1-2H3,(H,18,20)(H,21,22). The number of thioether (sulfide) groups is 1. The van der Waals surface area contributed by atoms with Gasteiger partial charge in [-0.3, -0.25) is 14.4 Å². The van der Waals surface area contributed by atoms with Crippen molar-refractivity contribution in [2.75, 3.05) is 25.1 Å². The molecule has 1 aliphatic rings. The minimum atomic E-state index is -0.942. The number of carbonyl (C=O) groups is 3. The first kappa shape index (κ1) is 19.3. The lowest BCUT2D eigenvalue weighted by Gasteiger charge is -2.36. The molecule has 0 bridgehead atoms. The Morgan fingerprint density at radius 1 is 1.36 bits per heavy atom. The predicted molar refractivity (Wildman–Crippen MR) is 94.6 cm³/mol. The van der Waals surface area contributed by atoms with Crippen molar-refractivity contribution in [3.63, 3.8) is 0 Å². The molecule has 25 heavy (non-hydrogen) atoms. The Labute approximate surface area is 150 Å². The lowest BCUT2D eigenvalue weighted by molar-refractivity contribution is -0.145. The van der Waals surface area contributed by atoms with Crippen molar-refractivity contribution in [2.45, 2.75) is 36.5 Å². The first-order valence-electron chi connectivity index (χ1n) is 8.01. The summed E-state index contributed by atoms with van der Waals surface area (Å²) in [4.78, 5) is 37.2. The molecule has 7 nitrogen and oxygen atoms in total. The Morgan fingerprint density at radius 2 is 2.04 bits per heavy atom. The average Bonchev–Trinajstić information content (AvgIpc) is 2.55. The van der Waals surface area contributed by atoms with E-state index in [0.29, 0.717) is 18.8 Å². The zero-order valence-electron chi connectivity index (χ0n) is 14.2. The number of ether oxygens (including phenoxy) is 1. The molecule has 0 aromatic heterocycles. The molecule has 0 spiro atoms. The van der Waals surface area contributed by atoms with E-state index in [1.54, 1.807) is 17.0 Å². The summed E-state index contributed by atoms with van der Waals surface area (Å²) in [6.07, 6.45) is -0.117. The van der Waals surface area contributed by atoms with Gasteiger partial charge in [-0.2, -0.15) is 0 Å². The zero-order chi connectivity index (χ0) is 18.4. The molecule has 0 aliphatic carbocycles. The second-order valence-corrected chi connectivity index (χ2v) is 7.24. The van der Waals surface area contributed by atoms with Crippen LogP contribution in [0.5, 0.6) is 0 Å². The van der Waals surface area contributed by atoms with Crippen molar-refractivity contribution in [3.8, 4) is 0 Å². The Kier molecular flexibility index (Phi) is 6.83. The van der Waals surface area contributed by atoms with Crippen molar-refractivity contribution in [3.05, 3.63) is 24.3 Å². The molecule has 1 aliphatic heterocycles. The van der Waals surface area contributed by atoms with E-state index >= 15 is 0 Å². The van der Waals surface area contributed by atoms with Crippen LogP contribution in [0.3, 0.4) is 0 Å². The normalized spacial score (nSPS) is 18.5. The van der Waals surface area contributed by atoms with Crippen LogP contribution in [0.2, 0.25) is 0 Å². The maximum absolute atomic E-state index is 12.7. The zero-order valence-corrected chi connectivity index (χ0v) is 15.0. The summed E-state index contributed by atoms with van der Waals surface area (Å²) in [5, 5.41) is 11.3. The van der Waals surface area contributed by atoms with Gasteiger partial charge in [-0.15, -0.1) is 11.8 Å². The van der Waals surface area contributed by atoms with E-state index < -0.39 is 12.0 Å². The molecule has 0 saturated carbocycles. The molecule has 0 radical (unpaired) electrons. The number of aliphatic carboxylic acids is 1. The molecule has 2 N–H and O–H groups in total. The molecule has 2 amide bonds. The number of benzene rings is 1. The van der Waals surface area contributed by atoms with E-state index in [4.69, 9.17) is 9.84 Å². The first-order chi connectivity index (χ1) is 11.9. The fourth-order valence-corrected chi connectivity index (χ4v) is 3.56. The summed E-state index contributed by atoms with van der Waals surface area (Å²) in [6, 6.07) is 6.82. The van der Waals surface area contributed by atoms with Crippen molar-refractivity contribution in [1.29, 1.82) is 0 Å². The predicted octanol–water partition coefficient (Wildman–Crippen LogP) is 1.83. The summed E-state index contributed by atoms with van der Waals surface area (Å²) in [5.41, 5.74) is 0.700. The van der Waals surface area contributed by atoms with E-state index in [9.17, 15) is 14.4 Å². The van der Waals surface area contributed by atoms with Gasteiger partial charge in [-0.05, 0) is 31.2 Å². The third kappa shape index (κ3) is 5.75. The van der Waals surface area contributed by atoms with Crippen LogP contribution >= 0.6 is 11.8 Å². The Balaban J connectivity index is 1.98. The minimum Gasteiger partial charge on any atom is -0.481 e. The average molecular weight is 366 g/mol. The highest BCUT2D eigenvalue weighted by Gasteiger charge is 2.31. The first-order valence-corrected chi connectivity index (χ1v) is 8.89. The fraction of sp³-hybridized carbons (Fsp3) is 0.471. The molecule has 2 atom stereocenters. The summed E-state index contributed by atoms with van der Waals surface area (Å²) < 4.78 is 5.31. The van der Waals surface area contributed by atoms with Gasteiger partial charge in [-0.25, -0.2) is 0 Å². The van der Waals surface area contributed by atoms with Gasteiger partial charge in [-0.1, -0.05) is 0 Å². The Bertz CT molecular complexity index is 634. The highest BCUT2D eigenvalue weighted by Crippen LogP contribution is 2.27. The molecule has 2 rings (SSSR count). The SMILES string of the molecule is CC(=O)Nc1ccc(SC(C)C(=O)N2CCOCC2CC(=O)O)cc1. The van der Waals surface area contributed by atoms with Crippen LogP contribution in [-0.2, 0) is 19.1 Å². The Hall–Kier alpha value is -2.06. The number of hydrogen-bond donors (Lipinski definition) is 2. The molecule has 136 valence electrons. The molecule has 8 heteroatoms. The number of anilines is 1. The fourth-order valence-electron chi connectivity index (χ4n) is 2.62. The smallest absolute Gasteiger partial charge is 0.305 e. The number of carboxylic acid groups (broad SMARTS) is 1. The van der Waals surface area contributed by atoms with Gasteiger partial charge in [0.25, 0.3) is 0 Å². The number of nitrogens with one attached hydrogen (secondary N) is 1. The second kappa shape index (κ2) is 8.87. The number of nitrogens with zero attached hydrogens (tertiary/aromatic N) is 1. The number of hydrogen-bond acceptors (Lipinski definition) is 5. The van der Waals surface area contributed by atoms with Gasteiger partial charge < -0.3 is 20.1 Å². The molecule has 1 heterocycles. The molecule has 2 unspecified atom stereocenters. The highest BCUT2D eigenvalue weighted by molar-refractivity contribution is 8.00. The van der Waals surface area contributed by atoms with Crippen LogP contribution in [0, 0.1) is 0 Å². The number of rotatable bonds is 6. The molecular weight excluding hydrogens is 344 g/mol. The number of carboxylic acids is 1. The van der Waals surface area contributed by atoms with Gasteiger partial charge in [0.05, 0.1) is 30.9 Å². The van der Waals surface area contributed by atoms with Crippen LogP contribution in [-0.4, -0.2) is 58.8 Å². The largest absolute Gasteiger partial charge is 0.481 e. The molecule has 1 aromatic rings. The lowest BCUT2D eigenvalue weighted by atomic mass is 10.1. The van der Waals surface area contributed by atoms with E-state index in [2.05, 4.69) is 5.32 Å². The molecule has 1 saturated heterocycles. The molecule has 1 aromatic carbocycles. The van der Waals surface area contributed by atoms with E-state index in [-0.39, 0.29) is 30.1 Å². The van der Waals surface area contributed by atoms with Crippen LogP contribution < -0.4 is 5.32 Å². The van der Waals surface area contributed by atoms with Crippen molar-refractivity contribution >= 4 is 35.2 Å². The van der Waals surface area contributed by atoms with Crippen LogP contribution in [0.15, 0.2) is 29.2 Å². The van der Waals surface area contributed by atoms with Gasteiger partial charge in [0.2, 0.25) is 11.8 Å². The highest BCUT2D eigenvalue weighted by atomic mass is 32.2. The van der Waals surface area contributed by atoms with Crippen molar-refractivity contribution in [1.82, 2.24) is 4.90 Å². The van der Waals surface area contributed by atoms with Gasteiger partial charge in [0.15, 0.2) is 0 Å². The minimum absolute atomic E-state index is 0.0921. The maximum atomic E-state index is 12.7. The van der Waals surface area contributed by atoms with Gasteiger partial charge in [0.1, 0.15) is 0 Å². The number of morpholine rings is 1. The monoisotopic (exact) mass is 366 g/mol. The topological polar surface area (TPSA) is 95.9 Å². The van der Waals surface area contributed by atoms with Gasteiger partial charge >= 0.3 is 5.97 Å². The summed E-state index contributed by atoms with van der Waals surface area (Å²) in [5.74, 6) is -1.17. The second-order valence-electron chi connectivity index (χ2n) is 5.82. The summed E-state index contributed by atoms with van der Waals surface area (Å²) >= 11 is 1.40. The van der Waals surface area contributed by atoms with Crippen LogP contribution in [0.1, 0.15) is 20.3 Å². The lowest BCUT2D eigenvalue weighted by Crippen LogP contribution is -2.51. The number of carbonyl (C=O) groups excluding carboxylic acids is 2. The summed E-state index contributed by atoms with van der Waals surface area (Å²) in [7, 11) is 0. The Morgan fingerprint density at radius 3 is 2.64 bits per heavy atom. The van der Waals surface area contributed by atoms with Crippen molar-refractivity contribution in [2.24, 2.45) is 0 Å². The van der Waals surface area contributed by atoms with Gasteiger partial charge in [0, 0.05) is 24.1 Å². The van der Waals surface area contributed by atoms with Crippen molar-refractivity contribution < 1.29 is 24.2 Å². The summed E-state index contributed by atoms with van der Waals surface area (Å²) in [6.45, 7) is 4.33. The molecule has 1 fully saturated rings. The third-order valence-electron chi connectivity index (χ3n) is 3.76. The van der Waals surface area contributed by atoms with E-state index in [1.807, 2.05) is 19.1 Å². The van der Waals surface area contributed by atoms with Crippen LogP contribution in [0.4, 0.5) is 5.69 Å². The molecular formula is C17H22N2O5S. The van der Waals surface area contributed by atoms with Crippen LogP contribution in [0.25, 0.3) is 0 Å². The van der Waals surface area contributed by atoms with E-state index in [1.165, 1.54) is 18.7 Å². The third-order valence-corrected chi connectivity index (χ3v) is 4.86. The quantitative estimate of drug-likeness (QED) is 0.746.